The number of benzene rings is 1. The Kier molecular flexibility index (Phi) is 4.92. The lowest BCUT2D eigenvalue weighted by Crippen LogP contribution is -2.33. The topological polar surface area (TPSA) is 72.7 Å². The average Bonchev–Trinajstić information content (AvgIpc) is 2.62. The van der Waals surface area contributed by atoms with Crippen molar-refractivity contribution in [3.63, 3.8) is 0 Å². The Hall–Kier alpha value is -3.29. The van der Waals surface area contributed by atoms with Gasteiger partial charge in [-0.05, 0) is 36.8 Å². The first-order chi connectivity index (χ1) is 12.5. The Balaban J connectivity index is 1.77. The summed E-state index contributed by atoms with van der Waals surface area (Å²) in [6, 6.07) is 10.5. The van der Waals surface area contributed by atoms with Crippen molar-refractivity contribution in [1.82, 2.24) is 14.7 Å². The molecule has 1 unspecified atom stereocenters. The van der Waals surface area contributed by atoms with Gasteiger partial charge < -0.3 is 10.1 Å². The minimum absolute atomic E-state index is 0.0271. The zero-order chi connectivity index (χ0) is 18.7. The molecule has 0 aliphatic rings. The Bertz CT molecular complexity index is 987. The second kappa shape index (κ2) is 7.30. The maximum absolute atomic E-state index is 12.4. The van der Waals surface area contributed by atoms with Crippen molar-refractivity contribution in [1.29, 1.82) is 0 Å². The molecule has 3 rings (SSSR count). The van der Waals surface area contributed by atoms with Crippen LogP contribution in [-0.2, 0) is 0 Å². The highest BCUT2D eigenvalue weighted by Gasteiger charge is 2.16. The average molecular weight is 359 g/mol. The van der Waals surface area contributed by atoms with Crippen LogP contribution in [0.15, 0.2) is 59.7 Å². The number of nitrogens with one attached hydrogen (secondary N) is 1. The summed E-state index contributed by atoms with van der Waals surface area (Å²) in [6.07, 6.45) is 2.77. The highest BCUT2D eigenvalue weighted by Crippen LogP contribution is 2.19. The van der Waals surface area contributed by atoms with Gasteiger partial charge in [0.05, 0.1) is 6.04 Å². The number of amides is 1. The summed E-state index contributed by atoms with van der Waals surface area (Å²) in [5.74, 6) is -0.541. The van der Waals surface area contributed by atoms with Crippen LogP contribution in [0.5, 0.6) is 5.75 Å². The minimum atomic E-state index is -2.90. The first-order valence-corrected chi connectivity index (χ1v) is 7.78. The van der Waals surface area contributed by atoms with E-state index >= 15 is 0 Å². The fourth-order valence-corrected chi connectivity index (χ4v) is 2.48. The van der Waals surface area contributed by atoms with E-state index in [1.54, 1.807) is 37.3 Å². The van der Waals surface area contributed by atoms with Gasteiger partial charge in [-0.15, -0.1) is 0 Å². The van der Waals surface area contributed by atoms with Crippen LogP contribution >= 0.6 is 0 Å². The second-order valence-corrected chi connectivity index (χ2v) is 5.55. The number of ether oxygens (including phenoxy) is 1. The lowest BCUT2D eigenvalue weighted by molar-refractivity contribution is -0.0498. The third kappa shape index (κ3) is 3.69. The normalized spacial score (nSPS) is 12.2. The van der Waals surface area contributed by atoms with Gasteiger partial charge in [-0.1, -0.05) is 18.2 Å². The highest BCUT2D eigenvalue weighted by atomic mass is 19.3. The van der Waals surface area contributed by atoms with Gasteiger partial charge in [0.15, 0.2) is 0 Å². The van der Waals surface area contributed by atoms with E-state index in [1.165, 1.54) is 28.9 Å². The number of rotatable bonds is 5. The van der Waals surface area contributed by atoms with Gasteiger partial charge in [0.25, 0.3) is 11.5 Å². The number of alkyl halides is 2. The second-order valence-electron chi connectivity index (χ2n) is 5.55. The number of halogens is 2. The molecule has 2 heterocycles. The molecule has 134 valence electrons. The van der Waals surface area contributed by atoms with E-state index < -0.39 is 24.1 Å². The van der Waals surface area contributed by atoms with Gasteiger partial charge in [0.1, 0.15) is 17.0 Å². The first kappa shape index (κ1) is 17.5. The smallest absolute Gasteiger partial charge is 0.387 e. The Morgan fingerprint density at radius 3 is 2.62 bits per heavy atom. The van der Waals surface area contributed by atoms with Crippen molar-refractivity contribution >= 4 is 11.6 Å². The quantitative estimate of drug-likeness (QED) is 0.760. The van der Waals surface area contributed by atoms with Gasteiger partial charge in [0, 0.05) is 12.4 Å². The molecule has 1 N–H and O–H groups in total. The molecule has 0 spiro atoms. The third-order valence-corrected chi connectivity index (χ3v) is 3.81. The van der Waals surface area contributed by atoms with E-state index in [1.807, 2.05) is 0 Å². The molecule has 2 aromatic heterocycles. The lowest BCUT2D eigenvalue weighted by atomic mass is 10.1. The molecule has 0 radical (unpaired) electrons. The van der Waals surface area contributed by atoms with E-state index in [4.69, 9.17) is 0 Å². The monoisotopic (exact) mass is 359 g/mol. The Morgan fingerprint density at radius 1 is 1.19 bits per heavy atom. The van der Waals surface area contributed by atoms with E-state index in [9.17, 15) is 18.4 Å². The van der Waals surface area contributed by atoms with E-state index in [0.29, 0.717) is 11.2 Å². The summed E-state index contributed by atoms with van der Waals surface area (Å²) in [7, 11) is 0. The minimum Gasteiger partial charge on any atom is -0.435 e. The van der Waals surface area contributed by atoms with Crippen molar-refractivity contribution in [3.05, 3.63) is 76.3 Å². The standard InChI is InChI=1S/C18H15F2N3O3/c1-11(12-5-7-13(8-6-12)26-18(19)20)22-16(24)14-10-21-15-4-2-3-9-23(15)17(14)25/h2-11,18H,1H3,(H,22,24). The predicted molar refractivity (Wildman–Crippen MR) is 90.4 cm³/mol. The molecule has 0 saturated heterocycles. The van der Waals surface area contributed by atoms with Crippen molar-refractivity contribution in [2.45, 2.75) is 19.6 Å². The number of hydrogen-bond acceptors (Lipinski definition) is 4. The van der Waals surface area contributed by atoms with Crippen molar-refractivity contribution in [2.24, 2.45) is 0 Å². The van der Waals surface area contributed by atoms with Crippen LogP contribution in [-0.4, -0.2) is 21.9 Å². The number of carbonyl (C=O) groups excluding carboxylic acids is 1. The SMILES string of the molecule is CC(NC(=O)c1cnc2ccccn2c1=O)c1ccc(OC(F)F)cc1. The molecule has 1 atom stereocenters. The van der Waals surface area contributed by atoms with Crippen LogP contribution in [0.2, 0.25) is 0 Å². The predicted octanol–water partition coefficient (Wildman–Crippen LogP) is 2.79. The van der Waals surface area contributed by atoms with Crippen LogP contribution in [0.3, 0.4) is 0 Å². The fraction of sp³-hybridized carbons (Fsp3) is 0.167. The summed E-state index contributed by atoms with van der Waals surface area (Å²) >= 11 is 0. The molecule has 6 nitrogen and oxygen atoms in total. The van der Waals surface area contributed by atoms with Gasteiger partial charge >= 0.3 is 6.61 Å². The van der Waals surface area contributed by atoms with Crippen molar-refractivity contribution < 1.29 is 18.3 Å². The number of pyridine rings is 1. The van der Waals surface area contributed by atoms with Crippen LogP contribution < -0.4 is 15.6 Å². The number of carbonyl (C=O) groups is 1. The summed E-state index contributed by atoms with van der Waals surface area (Å²) in [6.45, 7) is -1.18. The van der Waals surface area contributed by atoms with E-state index in [-0.39, 0.29) is 11.3 Å². The number of nitrogens with zero attached hydrogens (tertiary/aromatic N) is 2. The lowest BCUT2D eigenvalue weighted by Gasteiger charge is -2.15. The molecule has 8 heteroatoms. The molecule has 0 aliphatic heterocycles. The first-order valence-electron chi connectivity index (χ1n) is 7.78. The summed E-state index contributed by atoms with van der Waals surface area (Å²) in [4.78, 5) is 28.9. The number of hydrogen-bond donors (Lipinski definition) is 1. The zero-order valence-corrected chi connectivity index (χ0v) is 13.7. The highest BCUT2D eigenvalue weighted by molar-refractivity contribution is 5.94. The number of fused-ring (bicyclic) bond motifs is 1. The van der Waals surface area contributed by atoms with E-state index in [2.05, 4.69) is 15.0 Å². The van der Waals surface area contributed by atoms with Gasteiger partial charge in [-0.25, -0.2) is 4.98 Å². The summed E-state index contributed by atoms with van der Waals surface area (Å²) in [5.41, 5.74) is 0.560. The molecular weight excluding hydrogens is 344 g/mol. The van der Waals surface area contributed by atoms with Crippen LogP contribution in [0, 0.1) is 0 Å². The van der Waals surface area contributed by atoms with Crippen LogP contribution in [0.1, 0.15) is 28.9 Å². The van der Waals surface area contributed by atoms with Gasteiger partial charge in [-0.2, -0.15) is 8.78 Å². The fourth-order valence-electron chi connectivity index (χ4n) is 2.48. The molecule has 0 bridgehead atoms. The van der Waals surface area contributed by atoms with Crippen molar-refractivity contribution in [2.75, 3.05) is 0 Å². The molecule has 26 heavy (non-hydrogen) atoms. The Labute approximate surface area is 147 Å². The summed E-state index contributed by atoms with van der Waals surface area (Å²) < 4.78 is 29.9. The summed E-state index contributed by atoms with van der Waals surface area (Å²) in [5, 5.41) is 2.70. The molecule has 0 saturated carbocycles. The van der Waals surface area contributed by atoms with Crippen LogP contribution in [0.25, 0.3) is 5.65 Å². The molecule has 3 aromatic rings. The van der Waals surface area contributed by atoms with Crippen LogP contribution in [0.4, 0.5) is 8.78 Å². The van der Waals surface area contributed by atoms with E-state index in [0.717, 1.165) is 0 Å². The van der Waals surface area contributed by atoms with Crippen molar-refractivity contribution in [3.8, 4) is 5.75 Å². The molecule has 0 fully saturated rings. The third-order valence-electron chi connectivity index (χ3n) is 3.81. The maximum Gasteiger partial charge on any atom is 0.387 e. The largest absolute Gasteiger partial charge is 0.435 e. The molecular formula is C18H15F2N3O3. The van der Waals surface area contributed by atoms with Gasteiger partial charge in [0.2, 0.25) is 0 Å². The molecule has 1 amide bonds. The Morgan fingerprint density at radius 2 is 1.92 bits per heavy atom. The molecule has 0 aliphatic carbocycles. The maximum atomic E-state index is 12.4. The number of aromatic nitrogens is 2. The molecule has 1 aromatic carbocycles. The zero-order valence-electron chi connectivity index (χ0n) is 13.7. The van der Waals surface area contributed by atoms with Gasteiger partial charge in [-0.3, -0.25) is 14.0 Å².